The van der Waals surface area contributed by atoms with Gasteiger partial charge in [-0.2, -0.15) is 0 Å². The maximum atomic E-state index is 12.4. The Morgan fingerprint density at radius 2 is 1.87 bits per heavy atom. The Labute approximate surface area is 183 Å². The van der Waals surface area contributed by atoms with E-state index in [0.29, 0.717) is 29.5 Å². The molecule has 0 atom stereocenters. The summed E-state index contributed by atoms with van der Waals surface area (Å²) in [5, 5.41) is 6.00. The zero-order chi connectivity index (χ0) is 22.6. The smallest absolute Gasteiger partial charge is 0.238 e. The van der Waals surface area contributed by atoms with Crippen LogP contribution in [0.5, 0.6) is 17.2 Å². The quantitative estimate of drug-likeness (QED) is 0.656. The number of likely N-dealkylation sites (N-methyl/N-ethyl adjacent to an activating group) is 1. The van der Waals surface area contributed by atoms with Crippen LogP contribution in [-0.4, -0.2) is 38.8 Å². The van der Waals surface area contributed by atoms with Crippen molar-refractivity contribution in [2.75, 3.05) is 32.6 Å². The second-order valence-corrected chi connectivity index (χ2v) is 7.82. The molecule has 0 bridgehead atoms. The fraction of sp³-hybridized carbons (Fsp3) is 0.320. The predicted octanol–water partition coefficient (Wildman–Crippen LogP) is 4.50. The van der Waals surface area contributed by atoms with E-state index in [0.717, 1.165) is 22.3 Å². The van der Waals surface area contributed by atoms with Crippen LogP contribution < -0.4 is 24.8 Å². The van der Waals surface area contributed by atoms with Crippen molar-refractivity contribution in [3.05, 3.63) is 59.7 Å². The molecule has 164 valence electrons. The lowest BCUT2D eigenvalue weighted by atomic mass is 9.90. The monoisotopic (exact) mass is 422 g/mol. The van der Waals surface area contributed by atoms with Crippen molar-refractivity contribution in [2.45, 2.75) is 26.4 Å². The van der Waals surface area contributed by atoms with Crippen LogP contribution in [0.3, 0.4) is 0 Å². The zero-order valence-electron chi connectivity index (χ0n) is 18.8. The summed E-state index contributed by atoms with van der Waals surface area (Å²) in [5.74, 6) is 1.86. The van der Waals surface area contributed by atoms with Gasteiger partial charge in [-0.25, -0.2) is 0 Å². The molecule has 1 amide bonds. The molecule has 0 spiro atoms. The normalized spacial score (nSPS) is 13.7. The zero-order valence-corrected chi connectivity index (χ0v) is 18.8. The summed E-state index contributed by atoms with van der Waals surface area (Å²) in [5.41, 5.74) is 3.55. The molecule has 3 rings (SSSR count). The average Bonchev–Trinajstić information content (AvgIpc) is 2.75. The maximum Gasteiger partial charge on any atom is 0.238 e. The number of amides is 1. The van der Waals surface area contributed by atoms with Crippen molar-refractivity contribution >= 4 is 23.2 Å². The van der Waals surface area contributed by atoms with Crippen molar-refractivity contribution in [2.24, 2.45) is 0 Å². The van der Waals surface area contributed by atoms with E-state index in [1.54, 1.807) is 20.3 Å². The van der Waals surface area contributed by atoms with E-state index in [9.17, 15) is 4.79 Å². The number of rotatable bonds is 8. The van der Waals surface area contributed by atoms with Gasteiger partial charge in [0.2, 0.25) is 5.91 Å². The number of fused-ring (bicyclic) bond motifs is 1. The number of anilines is 1. The average molecular weight is 423 g/mol. The molecule has 1 aliphatic rings. The van der Waals surface area contributed by atoms with E-state index in [2.05, 4.69) is 17.2 Å². The molecule has 6 nitrogen and oxygen atoms in total. The third kappa shape index (κ3) is 4.91. The summed E-state index contributed by atoms with van der Waals surface area (Å²) in [6.45, 7) is 11.2. The molecule has 0 aromatic heterocycles. The first-order valence-electron chi connectivity index (χ1n) is 10.3. The molecular weight excluding hydrogens is 392 g/mol. The number of ether oxygens (including phenoxy) is 3. The molecule has 0 fully saturated rings. The Balaban J connectivity index is 2.05. The van der Waals surface area contributed by atoms with E-state index in [1.807, 2.05) is 57.2 Å². The van der Waals surface area contributed by atoms with E-state index >= 15 is 0 Å². The highest BCUT2D eigenvalue weighted by Gasteiger charge is 2.27. The minimum Gasteiger partial charge on any atom is -0.497 e. The summed E-state index contributed by atoms with van der Waals surface area (Å²) < 4.78 is 17.1. The Bertz CT molecular complexity index is 1020. The predicted molar refractivity (Wildman–Crippen MR) is 125 cm³/mol. The molecule has 2 N–H and O–H groups in total. The summed E-state index contributed by atoms with van der Waals surface area (Å²) >= 11 is 0. The molecule has 6 heteroatoms. The fourth-order valence-electron chi connectivity index (χ4n) is 3.45. The molecule has 0 aliphatic carbocycles. The lowest BCUT2D eigenvalue weighted by molar-refractivity contribution is -0.115. The van der Waals surface area contributed by atoms with Gasteiger partial charge in [-0.05, 0) is 61.9 Å². The van der Waals surface area contributed by atoms with Crippen molar-refractivity contribution in [3.63, 3.8) is 0 Å². The molecule has 2 aromatic carbocycles. The summed E-state index contributed by atoms with van der Waals surface area (Å²) in [6.07, 6.45) is 4.05. The molecule has 0 saturated carbocycles. The highest BCUT2D eigenvalue weighted by atomic mass is 16.5. The molecule has 0 radical (unpaired) electrons. The number of nitrogens with one attached hydrogen (secondary N) is 2. The number of hydrogen-bond acceptors (Lipinski definition) is 5. The van der Waals surface area contributed by atoms with Crippen LogP contribution >= 0.6 is 0 Å². The second kappa shape index (κ2) is 9.27. The Morgan fingerprint density at radius 3 is 2.55 bits per heavy atom. The van der Waals surface area contributed by atoms with Crippen LogP contribution in [0, 0.1) is 0 Å². The van der Waals surface area contributed by atoms with Gasteiger partial charge in [0.05, 0.1) is 26.5 Å². The first-order chi connectivity index (χ1) is 14.8. The van der Waals surface area contributed by atoms with Gasteiger partial charge in [-0.3, -0.25) is 4.79 Å². The van der Waals surface area contributed by atoms with E-state index in [4.69, 9.17) is 14.2 Å². The van der Waals surface area contributed by atoms with Crippen LogP contribution in [0.15, 0.2) is 43.0 Å². The molecular formula is C25H30N2O4. The number of benzene rings is 2. The molecule has 0 unspecified atom stereocenters. The lowest BCUT2D eigenvalue weighted by Gasteiger charge is -2.30. The number of carbonyl (C=O) groups is 1. The number of hydrogen-bond donors (Lipinski definition) is 2. The van der Waals surface area contributed by atoms with E-state index in [1.165, 1.54) is 0 Å². The third-order valence-corrected chi connectivity index (χ3v) is 5.08. The van der Waals surface area contributed by atoms with Crippen LogP contribution in [0.4, 0.5) is 5.69 Å². The number of carbonyl (C=O) groups excluding carboxylic acids is 1. The molecule has 1 aliphatic heterocycles. The highest BCUT2D eigenvalue weighted by molar-refractivity contribution is 5.98. The topological polar surface area (TPSA) is 68.8 Å². The molecule has 0 saturated heterocycles. The first-order valence-corrected chi connectivity index (χ1v) is 10.3. The Kier molecular flexibility index (Phi) is 6.71. The van der Waals surface area contributed by atoms with Gasteiger partial charge in [0, 0.05) is 17.2 Å². The van der Waals surface area contributed by atoms with Gasteiger partial charge in [0.25, 0.3) is 0 Å². The van der Waals surface area contributed by atoms with Crippen LogP contribution in [-0.2, 0) is 4.79 Å². The molecule has 1 heterocycles. The van der Waals surface area contributed by atoms with Gasteiger partial charge < -0.3 is 24.8 Å². The lowest BCUT2D eigenvalue weighted by Crippen LogP contribution is -2.28. The van der Waals surface area contributed by atoms with Crippen molar-refractivity contribution < 1.29 is 19.0 Å². The largest absolute Gasteiger partial charge is 0.497 e. The third-order valence-electron chi connectivity index (χ3n) is 5.08. The van der Waals surface area contributed by atoms with Crippen LogP contribution in [0.25, 0.3) is 11.6 Å². The van der Waals surface area contributed by atoms with Crippen molar-refractivity contribution in [1.29, 1.82) is 0 Å². The summed E-state index contributed by atoms with van der Waals surface area (Å²) in [7, 11) is 3.22. The van der Waals surface area contributed by atoms with Gasteiger partial charge in [-0.15, -0.1) is 0 Å². The fourth-order valence-corrected chi connectivity index (χ4v) is 3.45. The van der Waals surface area contributed by atoms with Gasteiger partial charge in [0.15, 0.2) is 11.5 Å². The number of methoxy groups -OCH3 is 2. The van der Waals surface area contributed by atoms with E-state index in [-0.39, 0.29) is 12.5 Å². The highest BCUT2D eigenvalue weighted by Crippen LogP contribution is 2.44. The summed E-state index contributed by atoms with van der Waals surface area (Å²) in [4.78, 5) is 12.4. The SMILES string of the molecule is C=C(c1ccc(OC)cc1NC(=O)CNCC)c1ccc(OC)c2c1C=CC(C)(C)O2. The second-order valence-electron chi connectivity index (χ2n) is 7.82. The Hall–Kier alpha value is -3.25. The maximum absolute atomic E-state index is 12.4. The minimum absolute atomic E-state index is 0.133. The van der Waals surface area contributed by atoms with Gasteiger partial charge >= 0.3 is 0 Å². The van der Waals surface area contributed by atoms with Crippen molar-refractivity contribution in [3.8, 4) is 17.2 Å². The summed E-state index contributed by atoms with van der Waals surface area (Å²) in [6, 6.07) is 9.39. The standard InChI is InChI=1S/C25H30N2O4/c1-7-26-15-23(28)27-21-14-17(29-5)8-9-19(21)16(2)18-10-11-22(30-6)24-20(18)12-13-25(3,4)31-24/h8-14,26H,2,7,15H2,1,3-6H3,(H,27,28). The van der Waals surface area contributed by atoms with Crippen LogP contribution in [0.2, 0.25) is 0 Å². The van der Waals surface area contributed by atoms with Gasteiger partial charge in [0.1, 0.15) is 11.4 Å². The minimum atomic E-state index is -0.439. The van der Waals surface area contributed by atoms with Crippen molar-refractivity contribution in [1.82, 2.24) is 5.32 Å². The Morgan fingerprint density at radius 1 is 1.13 bits per heavy atom. The first kappa shape index (κ1) is 22.4. The van der Waals surface area contributed by atoms with E-state index < -0.39 is 5.60 Å². The van der Waals surface area contributed by atoms with Crippen LogP contribution in [0.1, 0.15) is 37.5 Å². The molecule has 2 aromatic rings. The van der Waals surface area contributed by atoms with Gasteiger partial charge in [-0.1, -0.05) is 19.6 Å². The molecule has 31 heavy (non-hydrogen) atoms.